The van der Waals surface area contributed by atoms with Gasteiger partial charge in [0.25, 0.3) is 5.91 Å². The summed E-state index contributed by atoms with van der Waals surface area (Å²) >= 11 is 6.10. The lowest BCUT2D eigenvalue weighted by Crippen LogP contribution is -2.48. The molecular formula is C30H30ClN5O3. The van der Waals surface area contributed by atoms with Crippen molar-refractivity contribution < 1.29 is 14.4 Å². The minimum atomic E-state index is -0.587. The molecule has 39 heavy (non-hydrogen) atoms. The van der Waals surface area contributed by atoms with Gasteiger partial charge >= 0.3 is 0 Å². The predicted molar refractivity (Wildman–Crippen MR) is 150 cm³/mol. The van der Waals surface area contributed by atoms with Crippen LogP contribution in [0.2, 0.25) is 5.02 Å². The van der Waals surface area contributed by atoms with E-state index in [1.165, 1.54) is 19.3 Å². The summed E-state index contributed by atoms with van der Waals surface area (Å²) in [6.45, 7) is 0.603. The van der Waals surface area contributed by atoms with Crippen molar-refractivity contribution >= 4 is 41.0 Å². The van der Waals surface area contributed by atoms with Crippen LogP contribution in [0.15, 0.2) is 73.3 Å². The fourth-order valence-electron chi connectivity index (χ4n) is 5.30. The van der Waals surface area contributed by atoms with Crippen LogP contribution in [0.4, 0.5) is 5.69 Å². The lowest BCUT2D eigenvalue weighted by atomic mass is 9.88. The van der Waals surface area contributed by atoms with Gasteiger partial charge in [-0.3, -0.25) is 19.4 Å². The average molecular weight is 544 g/mol. The molecule has 1 fully saturated rings. The molecule has 1 N–H and O–H groups in total. The number of benzene rings is 1. The number of pyridine rings is 2. The van der Waals surface area contributed by atoms with Crippen molar-refractivity contribution in [3.8, 4) is 0 Å². The molecule has 3 aromatic heterocycles. The molecule has 1 aliphatic carbocycles. The molecule has 2 aliphatic rings. The molecule has 1 atom stereocenters. The molecule has 0 radical (unpaired) electrons. The van der Waals surface area contributed by atoms with E-state index in [-0.39, 0.29) is 11.8 Å². The molecule has 1 aromatic carbocycles. The Labute approximate surface area is 232 Å². The first-order valence-electron chi connectivity index (χ1n) is 13.2. The monoisotopic (exact) mass is 543 g/mol. The van der Waals surface area contributed by atoms with Crippen LogP contribution in [0, 0.1) is 5.92 Å². The van der Waals surface area contributed by atoms with E-state index in [0.717, 1.165) is 24.8 Å². The highest BCUT2D eigenvalue weighted by atomic mass is 35.5. The molecule has 8 nitrogen and oxygen atoms in total. The zero-order valence-corrected chi connectivity index (χ0v) is 22.3. The molecule has 1 unspecified atom stereocenters. The van der Waals surface area contributed by atoms with E-state index in [1.54, 1.807) is 41.6 Å². The van der Waals surface area contributed by atoms with Crippen LogP contribution in [-0.4, -0.2) is 50.0 Å². The van der Waals surface area contributed by atoms with Crippen LogP contribution in [0.25, 0.3) is 5.65 Å². The lowest BCUT2D eigenvalue weighted by molar-refractivity contribution is -0.120. The normalized spacial score (nSPS) is 17.6. The Morgan fingerprint density at radius 3 is 2.59 bits per heavy atom. The summed E-state index contributed by atoms with van der Waals surface area (Å²) in [6, 6.07) is 13.7. The molecule has 1 aliphatic heterocycles. The third-order valence-corrected chi connectivity index (χ3v) is 7.53. The van der Waals surface area contributed by atoms with Gasteiger partial charge in [0.2, 0.25) is 5.91 Å². The van der Waals surface area contributed by atoms with Crippen molar-refractivity contribution in [3.63, 3.8) is 0 Å². The van der Waals surface area contributed by atoms with E-state index in [1.807, 2.05) is 41.1 Å². The third-order valence-electron chi connectivity index (χ3n) is 7.29. The Kier molecular flexibility index (Phi) is 8.32. The van der Waals surface area contributed by atoms with Crippen molar-refractivity contribution in [2.45, 2.75) is 44.6 Å². The summed E-state index contributed by atoms with van der Waals surface area (Å²) in [6.07, 6.45) is 14.1. The average Bonchev–Trinajstić information content (AvgIpc) is 3.42. The van der Waals surface area contributed by atoms with Gasteiger partial charge in [0.05, 0.1) is 16.8 Å². The summed E-state index contributed by atoms with van der Waals surface area (Å²) < 4.78 is 1.81. The smallest absolute Gasteiger partial charge is 0.256 e. The summed E-state index contributed by atoms with van der Waals surface area (Å²) in [5, 5.41) is 3.41. The van der Waals surface area contributed by atoms with Gasteiger partial charge in [-0.15, -0.1) is 0 Å². The van der Waals surface area contributed by atoms with Crippen LogP contribution in [0.1, 0.15) is 58.5 Å². The maximum atomic E-state index is 13.4. The molecule has 6 rings (SSSR count). The zero-order chi connectivity index (χ0) is 27.2. The molecule has 1 saturated carbocycles. The first-order chi connectivity index (χ1) is 19.0. The molecule has 200 valence electrons. The fraction of sp³-hybridized carbons (Fsp3) is 0.300. The number of nitrogens with zero attached hydrogens (tertiary/aromatic N) is 4. The number of anilines is 1. The van der Waals surface area contributed by atoms with Gasteiger partial charge in [0.15, 0.2) is 6.29 Å². The minimum Gasteiger partial charge on any atom is -0.326 e. The second-order valence-electron chi connectivity index (χ2n) is 9.92. The van der Waals surface area contributed by atoms with Gasteiger partial charge in [-0.25, -0.2) is 4.98 Å². The molecule has 9 heteroatoms. The maximum Gasteiger partial charge on any atom is 0.256 e. The van der Waals surface area contributed by atoms with Gasteiger partial charge in [-0.05, 0) is 61.2 Å². The predicted octanol–water partition coefficient (Wildman–Crippen LogP) is 5.47. The van der Waals surface area contributed by atoms with Gasteiger partial charge in [-0.2, -0.15) is 0 Å². The van der Waals surface area contributed by atoms with Crippen LogP contribution >= 0.6 is 11.6 Å². The Hall–Kier alpha value is -4.04. The quantitative estimate of drug-likeness (QED) is 0.337. The highest BCUT2D eigenvalue weighted by Gasteiger charge is 2.37. The van der Waals surface area contributed by atoms with Crippen molar-refractivity contribution in [3.05, 3.63) is 95.2 Å². The van der Waals surface area contributed by atoms with Crippen molar-refractivity contribution in [2.75, 3.05) is 11.9 Å². The highest BCUT2D eigenvalue weighted by Crippen LogP contribution is 2.31. The number of halogens is 1. The van der Waals surface area contributed by atoms with Gasteiger partial charge in [0, 0.05) is 48.5 Å². The second-order valence-corrected chi connectivity index (χ2v) is 10.4. The number of carbonyl (C=O) groups is 3. The highest BCUT2D eigenvalue weighted by molar-refractivity contribution is 6.31. The minimum absolute atomic E-state index is 0.114. The Bertz CT molecular complexity index is 1470. The Morgan fingerprint density at radius 1 is 0.974 bits per heavy atom. The van der Waals surface area contributed by atoms with Gasteiger partial charge in [0.1, 0.15) is 11.7 Å². The van der Waals surface area contributed by atoms with Crippen molar-refractivity contribution in [1.82, 2.24) is 19.3 Å². The van der Waals surface area contributed by atoms with E-state index < -0.39 is 6.04 Å². The zero-order valence-electron chi connectivity index (χ0n) is 21.5. The number of aldehydes is 1. The number of imidazole rings is 1. The number of aromatic nitrogens is 3. The van der Waals surface area contributed by atoms with Crippen LogP contribution < -0.4 is 5.32 Å². The molecule has 0 spiro atoms. The van der Waals surface area contributed by atoms with Crippen molar-refractivity contribution in [2.24, 2.45) is 5.92 Å². The molecular weight excluding hydrogens is 514 g/mol. The number of amides is 2. The molecule has 0 saturated heterocycles. The first kappa shape index (κ1) is 26.6. The Morgan fingerprint density at radius 2 is 1.82 bits per heavy atom. The topological polar surface area (TPSA) is 96.7 Å². The second kappa shape index (κ2) is 12.2. The van der Waals surface area contributed by atoms with Crippen LogP contribution in [0.5, 0.6) is 0 Å². The molecule has 0 bridgehead atoms. The largest absolute Gasteiger partial charge is 0.326 e. The summed E-state index contributed by atoms with van der Waals surface area (Å²) in [5.74, 6) is 0.137. The standard InChI is InChI=1S/C22H24ClN3O2.C8H6N2O/c23-16-9-10-18-19(12-16)25-21(27)20(13-17-8-4-5-11-24-17)26(22(18)28)14-15-6-2-1-3-7-15;11-6-7-2-1-4-10-5-3-9-8(7)10/h4-5,8-12,15,20H,1-3,6-7,13-14H2,(H,25,27);1-6H. The van der Waals surface area contributed by atoms with E-state index in [2.05, 4.69) is 15.3 Å². The number of fused-ring (bicyclic) bond motifs is 2. The van der Waals surface area contributed by atoms with Gasteiger partial charge in [-0.1, -0.05) is 36.9 Å². The van der Waals surface area contributed by atoms with E-state index >= 15 is 0 Å². The number of rotatable bonds is 5. The Balaban J connectivity index is 0.000000233. The number of hydrogen-bond acceptors (Lipinski definition) is 5. The maximum absolute atomic E-state index is 13.4. The number of nitrogens with one attached hydrogen (secondary N) is 1. The molecule has 4 aromatic rings. The van der Waals surface area contributed by atoms with E-state index in [0.29, 0.717) is 46.4 Å². The molecule has 2 amide bonds. The summed E-state index contributed by atoms with van der Waals surface area (Å²) in [5.41, 5.74) is 3.12. The number of hydrogen-bond donors (Lipinski definition) is 1. The third kappa shape index (κ3) is 6.17. The van der Waals surface area contributed by atoms with Crippen LogP contribution in [0.3, 0.4) is 0 Å². The first-order valence-corrected chi connectivity index (χ1v) is 13.6. The van der Waals surface area contributed by atoms with Crippen LogP contribution in [-0.2, 0) is 11.2 Å². The summed E-state index contributed by atoms with van der Waals surface area (Å²) in [4.78, 5) is 47.2. The lowest BCUT2D eigenvalue weighted by Gasteiger charge is -2.33. The van der Waals surface area contributed by atoms with E-state index in [9.17, 15) is 14.4 Å². The van der Waals surface area contributed by atoms with Gasteiger partial charge < -0.3 is 14.6 Å². The van der Waals surface area contributed by atoms with E-state index in [4.69, 9.17) is 11.6 Å². The SMILES string of the molecule is O=C1Nc2cc(Cl)ccc2C(=O)N(CC2CCCCC2)C1Cc1ccccn1.O=Cc1cccn2ccnc12. The van der Waals surface area contributed by atoms with Crippen molar-refractivity contribution in [1.29, 1.82) is 0 Å². The molecule has 4 heterocycles. The number of carbonyl (C=O) groups excluding carboxylic acids is 3. The fourth-order valence-corrected chi connectivity index (χ4v) is 5.47. The summed E-state index contributed by atoms with van der Waals surface area (Å²) in [7, 11) is 0.